The molecule has 0 bridgehead atoms. The Kier molecular flexibility index (Phi) is 3.45. The molecule has 4 heteroatoms. The smallest absolute Gasteiger partial charge is 0.109 e. The van der Waals surface area contributed by atoms with Crippen LogP contribution in [0, 0.1) is 0 Å². The summed E-state index contributed by atoms with van der Waals surface area (Å²) in [4.78, 5) is 0. The van der Waals surface area contributed by atoms with Crippen molar-refractivity contribution < 1.29 is 9.84 Å². The number of ether oxygens (including phenoxy) is 1. The second kappa shape index (κ2) is 4.53. The van der Waals surface area contributed by atoms with Gasteiger partial charge in [0.25, 0.3) is 0 Å². The van der Waals surface area contributed by atoms with Crippen LogP contribution in [0.15, 0.2) is 18.2 Å². The van der Waals surface area contributed by atoms with Gasteiger partial charge in [0.1, 0.15) is 6.10 Å². The molecule has 0 saturated carbocycles. The monoisotopic (exact) mass is 260 g/mol. The molecule has 1 aromatic rings. The van der Waals surface area contributed by atoms with Gasteiger partial charge >= 0.3 is 0 Å². The van der Waals surface area contributed by atoms with E-state index >= 15 is 0 Å². The topological polar surface area (TPSA) is 29.5 Å². The molecule has 0 radical (unpaired) electrons. The summed E-state index contributed by atoms with van der Waals surface area (Å²) in [6.45, 7) is 2.59. The minimum atomic E-state index is -0.735. The van der Waals surface area contributed by atoms with Crippen molar-refractivity contribution in [1.29, 1.82) is 0 Å². The van der Waals surface area contributed by atoms with Gasteiger partial charge in [0, 0.05) is 22.2 Å². The predicted molar refractivity (Wildman–Crippen MR) is 65.0 cm³/mol. The van der Waals surface area contributed by atoms with E-state index in [1.54, 1.807) is 18.2 Å². The van der Waals surface area contributed by atoms with Crippen molar-refractivity contribution >= 4 is 23.2 Å². The number of hydrogen-bond acceptors (Lipinski definition) is 2. The van der Waals surface area contributed by atoms with Crippen LogP contribution in [-0.2, 0) is 4.74 Å². The van der Waals surface area contributed by atoms with E-state index in [4.69, 9.17) is 27.9 Å². The molecule has 1 aliphatic heterocycles. The normalized spacial score (nSPS) is 27.0. The van der Waals surface area contributed by atoms with Crippen LogP contribution in [0.5, 0.6) is 0 Å². The second-order valence-electron chi connectivity index (χ2n) is 4.33. The van der Waals surface area contributed by atoms with E-state index in [0.717, 1.165) is 12.8 Å². The number of benzene rings is 1. The van der Waals surface area contributed by atoms with Crippen LogP contribution in [-0.4, -0.2) is 17.3 Å². The first-order chi connectivity index (χ1) is 7.53. The van der Waals surface area contributed by atoms with Crippen molar-refractivity contribution in [2.24, 2.45) is 0 Å². The number of halogens is 2. The van der Waals surface area contributed by atoms with Crippen LogP contribution < -0.4 is 0 Å². The number of aliphatic hydroxyl groups excluding tert-OH is 1. The molecule has 0 spiro atoms. The first-order valence-corrected chi connectivity index (χ1v) is 6.05. The third kappa shape index (κ3) is 2.21. The fourth-order valence-electron chi connectivity index (χ4n) is 2.07. The summed E-state index contributed by atoms with van der Waals surface area (Å²) >= 11 is 12.0. The molecule has 2 atom stereocenters. The highest BCUT2D eigenvalue weighted by Gasteiger charge is 2.39. The molecular formula is C12H14Cl2O2. The first kappa shape index (κ1) is 12.2. The van der Waals surface area contributed by atoms with Crippen molar-refractivity contribution in [1.82, 2.24) is 0 Å². The quantitative estimate of drug-likeness (QED) is 0.881. The molecular weight excluding hydrogens is 247 g/mol. The molecule has 1 N–H and O–H groups in total. The molecule has 1 fully saturated rings. The average molecular weight is 261 g/mol. The molecule has 0 amide bonds. The Hall–Kier alpha value is -0.280. The molecule has 2 rings (SSSR count). The van der Waals surface area contributed by atoms with E-state index in [1.807, 2.05) is 6.92 Å². The van der Waals surface area contributed by atoms with Gasteiger partial charge in [-0.2, -0.15) is 0 Å². The van der Waals surface area contributed by atoms with Crippen LogP contribution in [0.1, 0.15) is 31.4 Å². The van der Waals surface area contributed by atoms with Gasteiger partial charge in [0.2, 0.25) is 0 Å². The molecule has 1 aromatic carbocycles. The molecule has 0 aromatic heterocycles. The zero-order valence-corrected chi connectivity index (χ0v) is 10.6. The minimum absolute atomic E-state index is 0.522. The lowest BCUT2D eigenvalue weighted by molar-refractivity contribution is -0.0795. The first-order valence-electron chi connectivity index (χ1n) is 5.30. The molecule has 2 nitrogen and oxygen atoms in total. The van der Waals surface area contributed by atoms with Crippen molar-refractivity contribution in [2.75, 3.05) is 6.61 Å². The SMILES string of the molecule is CC1(C(O)c2cc(Cl)ccc2Cl)CCCO1. The van der Waals surface area contributed by atoms with Crippen molar-refractivity contribution in [2.45, 2.75) is 31.5 Å². The zero-order chi connectivity index (χ0) is 11.8. The summed E-state index contributed by atoms with van der Waals surface area (Å²) in [5, 5.41) is 11.4. The number of rotatable bonds is 2. The average Bonchev–Trinajstić information content (AvgIpc) is 2.69. The van der Waals surface area contributed by atoms with Gasteiger partial charge in [0.15, 0.2) is 0 Å². The van der Waals surface area contributed by atoms with Crippen LogP contribution in [0.2, 0.25) is 10.0 Å². The van der Waals surface area contributed by atoms with E-state index in [0.29, 0.717) is 22.2 Å². The van der Waals surface area contributed by atoms with E-state index in [-0.39, 0.29) is 0 Å². The Morgan fingerprint density at radius 3 is 2.81 bits per heavy atom. The Labute approximate surface area is 105 Å². The summed E-state index contributed by atoms with van der Waals surface area (Å²) in [5.41, 5.74) is 0.0903. The van der Waals surface area contributed by atoms with Crippen LogP contribution in [0.3, 0.4) is 0 Å². The van der Waals surface area contributed by atoms with Gasteiger partial charge in [0.05, 0.1) is 5.60 Å². The fourth-order valence-corrected chi connectivity index (χ4v) is 2.47. The van der Waals surface area contributed by atoms with Gasteiger partial charge in [-0.25, -0.2) is 0 Å². The maximum absolute atomic E-state index is 10.3. The molecule has 1 saturated heterocycles. The molecule has 88 valence electrons. The molecule has 0 aliphatic carbocycles. The van der Waals surface area contributed by atoms with Crippen LogP contribution >= 0.6 is 23.2 Å². The molecule has 1 heterocycles. The minimum Gasteiger partial charge on any atom is -0.385 e. The van der Waals surface area contributed by atoms with Crippen LogP contribution in [0.4, 0.5) is 0 Å². The summed E-state index contributed by atoms with van der Waals surface area (Å²) in [6, 6.07) is 5.10. The standard InChI is InChI=1S/C12H14Cl2O2/c1-12(5-2-6-16-12)11(15)9-7-8(13)3-4-10(9)14/h3-4,7,11,15H,2,5-6H2,1H3. The lowest BCUT2D eigenvalue weighted by Crippen LogP contribution is -2.32. The highest BCUT2D eigenvalue weighted by molar-refractivity contribution is 6.33. The highest BCUT2D eigenvalue weighted by Crippen LogP contribution is 2.40. The predicted octanol–water partition coefficient (Wildman–Crippen LogP) is 3.60. The third-order valence-corrected chi connectivity index (χ3v) is 3.66. The van der Waals surface area contributed by atoms with E-state index in [1.165, 1.54) is 0 Å². The summed E-state index contributed by atoms with van der Waals surface area (Å²) in [7, 11) is 0. The molecule has 2 unspecified atom stereocenters. The zero-order valence-electron chi connectivity index (χ0n) is 9.04. The Bertz CT molecular complexity index is 387. The van der Waals surface area contributed by atoms with E-state index in [9.17, 15) is 5.11 Å². The summed E-state index contributed by atoms with van der Waals surface area (Å²) < 4.78 is 5.60. The van der Waals surface area contributed by atoms with Gasteiger partial charge in [-0.1, -0.05) is 23.2 Å². The van der Waals surface area contributed by atoms with Gasteiger partial charge in [-0.15, -0.1) is 0 Å². The van der Waals surface area contributed by atoms with Crippen molar-refractivity contribution in [3.63, 3.8) is 0 Å². The maximum Gasteiger partial charge on any atom is 0.109 e. The van der Waals surface area contributed by atoms with Crippen LogP contribution in [0.25, 0.3) is 0 Å². The summed E-state index contributed by atoms with van der Waals surface area (Å²) in [5.74, 6) is 0. The summed E-state index contributed by atoms with van der Waals surface area (Å²) in [6.07, 6.45) is 1.06. The van der Waals surface area contributed by atoms with E-state index < -0.39 is 11.7 Å². The van der Waals surface area contributed by atoms with Crippen molar-refractivity contribution in [3.05, 3.63) is 33.8 Å². The lowest BCUT2D eigenvalue weighted by Gasteiger charge is -2.30. The molecule has 16 heavy (non-hydrogen) atoms. The van der Waals surface area contributed by atoms with Crippen molar-refractivity contribution in [3.8, 4) is 0 Å². The van der Waals surface area contributed by atoms with Gasteiger partial charge in [-0.05, 0) is 38.0 Å². The second-order valence-corrected chi connectivity index (χ2v) is 5.18. The van der Waals surface area contributed by atoms with Gasteiger partial charge < -0.3 is 9.84 Å². The lowest BCUT2D eigenvalue weighted by atomic mass is 9.90. The highest BCUT2D eigenvalue weighted by atomic mass is 35.5. The fraction of sp³-hybridized carbons (Fsp3) is 0.500. The Morgan fingerprint density at radius 1 is 1.44 bits per heavy atom. The van der Waals surface area contributed by atoms with Gasteiger partial charge in [-0.3, -0.25) is 0 Å². The number of hydrogen-bond donors (Lipinski definition) is 1. The molecule has 1 aliphatic rings. The Balaban J connectivity index is 2.32. The largest absolute Gasteiger partial charge is 0.385 e. The Morgan fingerprint density at radius 2 is 2.19 bits per heavy atom. The third-order valence-electron chi connectivity index (χ3n) is 3.08. The van der Waals surface area contributed by atoms with E-state index in [2.05, 4.69) is 0 Å². The maximum atomic E-state index is 10.3. The number of aliphatic hydroxyl groups is 1.